The molecule has 3 nitrogen and oxygen atoms in total. The zero-order chi connectivity index (χ0) is 7.28. The summed E-state index contributed by atoms with van der Waals surface area (Å²) in [5.74, 6) is -0.437. The van der Waals surface area contributed by atoms with Gasteiger partial charge in [-0.05, 0) is 0 Å². The molecule has 50 valence electrons. The Balaban J connectivity index is 3.84. The maximum absolute atomic E-state index is 10.5. The fourth-order valence-electron chi connectivity index (χ4n) is 0.447. The van der Waals surface area contributed by atoms with E-state index in [4.69, 9.17) is 6.57 Å². The van der Waals surface area contributed by atoms with Gasteiger partial charge < -0.3 is 9.58 Å². The Morgan fingerprint density at radius 1 is 1.89 bits per heavy atom. The third-order valence-electron chi connectivity index (χ3n) is 1.02. The highest BCUT2D eigenvalue weighted by Gasteiger charge is 2.20. The molecule has 3 heteroatoms. The standard InChI is InChI=1S/C6H9NO2/c1-4-5(7-2)6(8)9-3/h5H,4H2,1,3H3. The van der Waals surface area contributed by atoms with Gasteiger partial charge in [-0.25, -0.2) is 11.4 Å². The Bertz CT molecular complexity index is 136. The van der Waals surface area contributed by atoms with E-state index in [1.54, 1.807) is 6.92 Å². The van der Waals surface area contributed by atoms with Crippen LogP contribution in [0.5, 0.6) is 0 Å². The minimum Gasteiger partial charge on any atom is -0.463 e. The highest BCUT2D eigenvalue weighted by molar-refractivity contribution is 5.77. The molecule has 0 fully saturated rings. The summed E-state index contributed by atoms with van der Waals surface area (Å²) >= 11 is 0. The van der Waals surface area contributed by atoms with Crippen molar-refractivity contribution in [1.82, 2.24) is 0 Å². The molecule has 0 heterocycles. The van der Waals surface area contributed by atoms with E-state index in [-0.39, 0.29) is 0 Å². The van der Waals surface area contributed by atoms with E-state index in [2.05, 4.69) is 9.58 Å². The molecule has 0 aliphatic rings. The van der Waals surface area contributed by atoms with Crippen LogP contribution in [0, 0.1) is 6.57 Å². The minimum absolute atomic E-state index is 0.437. The molecule has 0 aliphatic carbocycles. The van der Waals surface area contributed by atoms with Crippen LogP contribution in [0.3, 0.4) is 0 Å². The second-order valence-electron chi connectivity index (χ2n) is 1.58. The molecule has 0 rings (SSSR count). The summed E-state index contributed by atoms with van der Waals surface area (Å²) in [4.78, 5) is 13.6. The van der Waals surface area contributed by atoms with Crippen molar-refractivity contribution in [2.75, 3.05) is 7.11 Å². The number of carbonyl (C=O) groups is 1. The van der Waals surface area contributed by atoms with Crippen LogP contribution in [0.1, 0.15) is 13.3 Å². The van der Waals surface area contributed by atoms with Crippen LogP contribution < -0.4 is 0 Å². The van der Waals surface area contributed by atoms with E-state index in [1.807, 2.05) is 0 Å². The van der Waals surface area contributed by atoms with Crippen LogP contribution >= 0.6 is 0 Å². The normalized spacial score (nSPS) is 11.7. The first-order valence-electron chi connectivity index (χ1n) is 2.70. The summed E-state index contributed by atoms with van der Waals surface area (Å²) in [5, 5.41) is 0. The van der Waals surface area contributed by atoms with Gasteiger partial charge in [0.05, 0.1) is 7.11 Å². The minimum atomic E-state index is -0.602. The van der Waals surface area contributed by atoms with Gasteiger partial charge in [0, 0.05) is 6.42 Å². The quantitative estimate of drug-likeness (QED) is 0.407. The summed E-state index contributed by atoms with van der Waals surface area (Å²) in [6.07, 6.45) is 0.524. The third kappa shape index (κ3) is 2.13. The fourth-order valence-corrected chi connectivity index (χ4v) is 0.447. The van der Waals surface area contributed by atoms with E-state index >= 15 is 0 Å². The zero-order valence-electron chi connectivity index (χ0n) is 5.55. The summed E-state index contributed by atoms with van der Waals surface area (Å²) in [7, 11) is 1.29. The molecule has 0 aromatic carbocycles. The highest BCUT2D eigenvalue weighted by atomic mass is 16.5. The Morgan fingerprint density at radius 3 is 2.56 bits per heavy atom. The number of rotatable bonds is 2. The Labute approximate surface area is 54.4 Å². The molecule has 0 aliphatic heterocycles. The van der Waals surface area contributed by atoms with Gasteiger partial charge >= 0.3 is 12.0 Å². The predicted octanol–water partition coefficient (Wildman–Crippen LogP) is 0.857. The summed E-state index contributed by atoms with van der Waals surface area (Å²) in [6, 6.07) is -0.602. The molecular formula is C6H9NO2. The number of nitrogens with zero attached hydrogens (tertiary/aromatic N) is 1. The van der Waals surface area contributed by atoms with Crippen molar-refractivity contribution in [2.45, 2.75) is 19.4 Å². The molecule has 0 saturated heterocycles. The van der Waals surface area contributed by atoms with Crippen molar-refractivity contribution in [3.8, 4) is 0 Å². The number of ether oxygens (including phenoxy) is 1. The van der Waals surface area contributed by atoms with Gasteiger partial charge in [0.2, 0.25) is 0 Å². The summed E-state index contributed by atoms with van der Waals surface area (Å²) < 4.78 is 4.34. The second-order valence-corrected chi connectivity index (χ2v) is 1.58. The fraction of sp³-hybridized carbons (Fsp3) is 0.667. The van der Waals surface area contributed by atoms with Crippen molar-refractivity contribution >= 4 is 5.97 Å². The number of carbonyl (C=O) groups excluding carboxylic acids is 1. The van der Waals surface area contributed by atoms with Crippen LogP contribution in [0.4, 0.5) is 0 Å². The Kier molecular flexibility index (Phi) is 3.45. The van der Waals surface area contributed by atoms with Crippen LogP contribution in [0.15, 0.2) is 0 Å². The van der Waals surface area contributed by atoms with Crippen molar-refractivity contribution in [2.24, 2.45) is 0 Å². The molecule has 0 radical (unpaired) electrons. The first-order valence-corrected chi connectivity index (χ1v) is 2.70. The molecule has 0 N–H and O–H groups in total. The second kappa shape index (κ2) is 3.90. The van der Waals surface area contributed by atoms with Crippen molar-refractivity contribution in [1.29, 1.82) is 0 Å². The largest absolute Gasteiger partial charge is 0.463 e. The average molecular weight is 127 g/mol. The monoisotopic (exact) mass is 127 g/mol. The first kappa shape index (κ1) is 7.96. The van der Waals surface area contributed by atoms with E-state index in [0.717, 1.165) is 0 Å². The van der Waals surface area contributed by atoms with Crippen molar-refractivity contribution in [3.63, 3.8) is 0 Å². The molecule has 0 aromatic rings. The number of hydrogen-bond acceptors (Lipinski definition) is 2. The summed E-state index contributed by atoms with van der Waals surface area (Å²) in [6.45, 7) is 8.30. The maximum Gasteiger partial charge on any atom is 0.389 e. The van der Waals surface area contributed by atoms with Gasteiger partial charge in [-0.3, -0.25) is 0 Å². The highest BCUT2D eigenvalue weighted by Crippen LogP contribution is 1.97. The molecule has 0 aromatic heterocycles. The molecule has 9 heavy (non-hydrogen) atoms. The lowest BCUT2D eigenvalue weighted by molar-refractivity contribution is -0.141. The van der Waals surface area contributed by atoms with Gasteiger partial charge in [0.15, 0.2) is 0 Å². The first-order chi connectivity index (χ1) is 4.26. The number of esters is 1. The molecule has 1 unspecified atom stereocenters. The van der Waals surface area contributed by atoms with Gasteiger partial charge in [-0.2, -0.15) is 0 Å². The van der Waals surface area contributed by atoms with Crippen LogP contribution in [0.2, 0.25) is 0 Å². The van der Waals surface area contributed by atoms with Crippen molar-refractivity contribution in [3.05, 3.63) is 11.4 Å². The molecule has 0 amide bonds. The topological polar surface area (TPSA) is 30.7 Å². The van der Waals surface area contributed by atoms with Crippen LogP contribution in [0.25, 0.3) is 4.85 Å². The predicted molar refractivity (Wildman–Crippen MR) is 32.7 cm³/mol. The Morgan fingerprint density at radius 2 is 2.44 bits per heavy atom. The lowest BCUT2D eigenvalue weighted by atomic mass is 10.2. The molecule has 1 atom stereocenters. The SMILES string of the molecule is [C-]#[N+]C(CC)C(=O)OC. The molecule has 0 spiro atoms. The van der Waals surface area contributed by atoms with E-state index in [0.29, 0.717) is 6.42 Å². The summed E-state index contributed by atoms with van der Waals surface area (Å²) in [5.41, 5.74) is 0. The van der Waals surface area contributed by atoms with E-state index in [1.165, 1.54) is 7.11 Å². The number of methoxy groups -OCH3 is 1. The van der Waals surface area contributed by atoms with E-state index < -0.39 is 12.0 Å². The lowest BCUT2D eigenvalue weighted by Gasteiger charge is -1.97. The van der Waals surface area contributed by atoms with Gasteiger partial charge in [-0.15, -0.1) is 0 Å². The van der Waals surface area contributed by atoms with Crippen LogP contribution in [-0.2, 0) is 9.53 Å². The smallest absolute Gasteiger partial charge is 0.389 e. The van der Waals surface area contributed by atoms with Gasteiger partial charge in [-0.1, -0.05) is 6.92 Å². The molecule has 0 saturated carbocycles. The Hall–Kier alpha value is -1.04. The molecule has 0 bridgehead atoms. The van der Waals surface area contributed by atoms with Gasteiger partial charge in [0.1, 0.15) is 0 Å². The van der Waals surface area contributed by atoms with E-state index in [9.17, 15) is 4.79 Å². The van der Waals surface area contributed by atoms with Gasteiger partial charge in [0.25, 0.3) is 0 Å². The van der Waals surface area contributed by atoms with Crippen molar-refractivity contribution < 1.29 is 9.53 Å². The lowest BCUT2D eigenvalue weighted by Crippen LogP contribution is -2.16. The third-order valence-corrected chi connectivity index (χ3v) is 1.02. The van der Waals surface area contributed by atoms with Crippen LogP contribution in [-0.4, -0.2) is 19.1 Å². The number of hydrogen-bond donors (Lipinski definition) is 0. The molecular weight excluding hydrogens is 118 g/mol. The maximum atomic E-state index is 10.5. The average Bonchev–Trinajstić information content (AvgIpc) is 1.90. The zero-order valence-corrected chi connectivity index (χ0v) is 5.55.